The minimum atomic E-state index is -4.87. The Kier molecular flexibility index (Phi) is 6.38. The van der Waals surface area contributed by atoms with E-state index in [2.05, 4.69) is 20.1 Å². The molecule has 0 aliphatic carbocycles. The molecule has 196 valence electrons. The first-order valence-electron chi connectivity index (χ1n) is 11.4. The highest BCUT2D eigenvalue weighted by Crippen LogP contribution is 2.45. The molecule has 2 aliphatic rings. The molecule has 1 N–H and O–H groups in total. The Labute approximate surface area is 204 Å². The molecule has 36 heavy (non-hydrogen) atoms. The van der Waals surface area contributed by atoms with Crippen LogP contribution in [0.1, 0.15) is 51.0 Å². The second-order valence-electron chi connectivity index (χ2n) is 10.0. The lowest BCUT2D eigenvalue weighted by Gasteiger charge is -2.37. The standard InChI is InChI=1S/C23H27F4N5O4/c1-13-11-15(14-5-8-28-18-16(14)17(23(25,26)27)35-19(33)29-18)30-32(13)12-22(24)6-9-31(10-7-22)20(34)36-21(2,3)4/h5,8,11,17H,6-7,9-10,12H2,1-4H3,(H,28,29,33). The second-order valence-corrected chi connectivity index (χ2v) is 10.0. The van der Waals surface area contributed by atoms with Crippen LogP contribution in [-0.2, 0) is 16.0 Å². The molecule has 1 saturated heterocycles. The third-order valence-corrected chi connectivity index (χ3v) is 6.00. The highest BCUT2D eigenvalue weighted by molar-refractivity contribution is 5.89. The number of aromatic nitrogens is 3. The molecule has 9 nitrogen and oxygen atoms in total. The zero-order valence-corrected chi connectivity index (χ0v) is 20.3. The summed E-state index contributed by atoms with van der Waals surface area (Å²) in [6.45, 7) is 7.13. The van der Waals surface area contributed by atoms with Gasteiger partial charge < -0.3 is 14.4 Å². The SMILES string of the molecule is Cc1cc(-c2ccnc3c2C(C(F)(F)F)OC(=O)N3)nn1CC1(F)CCN(C(=O)OC(C)(C)C)CC1. The van der Waals surface area contributed by atoms with Gasteiger partial charge in [0.05, 0.1) is 17.8 Å². The number of aryl methyl sites for hydroxylation is 1. The lowest BCUT2D eigenvalue weighted by atomic mass is 9.93. The summed E-state index contributed by atoms with van der Waals surface area (Å²) in [5.74, 6) is -0.269. The van der Waals surface area contributed by atoms with E-state index in [0.29, 0.717) is 5.69 Å². The van der Waals surface area contributed by atoms with Crippen molar-refractivity contribution < 1.29 is 36.6 Å². The number of fused-ring (bicyclic) bond motifs is 1. The highest BCUT2D eigenvalue weighted by atomic mass is 19.4. The average Bonchev–Trinajstić information content (AvgIpc) is 3.10. The van der Waals surface area contributed by atoms with Gasteiger partial charge in [0.2, 0.25) is 6.10 Å². The van der Waals surface area contributed by atoms with Crippen LogP contribution in [0.4, 0.5) is 33.0 Å². The van der Waals surface area contributed by atoms with Crippen molar-refractivity contribution in [1.29, 1.82) is 0 Å². The molecule has 2 aromatic heterocycles. The van der Waals surface area contributed by atoms with E-state index in [9.17, 15) is 22.8 Å². The average molecular weight is 513 g/mol. The fraction of sp³-hybridized carbons (Fsp3) is 0.565. The van der Waals surface area contributed by atoms with E-state index >= 15 is 4.39 Å². The largest absolute Gasteiger partial charge is 0.444 e. The zero-order chi connectivity index (χ0) is 26.5. The molecule has 1 unspecified atom stereocenters. The second kappa shape index (κ2) is 8.93. The first-order valence-corrected chi connectivity index (χ1v) is 11.4. The Bertz CT molecular complexity index is 1170. The summed E-state index contributed by atoms with van der Waals surface area (Å²) in [5, 5.41) is 6.56. The van der Waals surface area contributed by atoms with Crippen LogP contribution in [-0.4, -0.2) is 62.4 Å². The number of cyclic esters (lactones) is 1. The van der Waals surface area contributed by atoms with E-state index in [1.54, 1.807) is 33.8 Å². The van der Waals surface area contributed by atoms with Crippen LogP contribution in [0.3, 0.4) is 0 Å². The Morgan fingerprint density at radius 1 is 1.28 bits per heavy atom. The monoisotopic (exact) mass is 513 g/mol. The quantitative estimate of drug-likeness (QED) is 0.570. The third kappa shape index (κ3) is 5.39. The number of piperidine rings is 1. The molecule has 0 radical (unpaired) electrons. The molecule has 2 aromatic rings. The normalized spacial score (nSPS) is 19.8. The number of alkyl halides is 4. The molecular weight excluding hydrogens is 486 g/mol. The van der Waals surface area contributed by atoms with Gasteiger partial charge in [0.25, 0.3) is 0 Å². The number of amides is 2. The molecular formula is C23H27F4N5O4. The van der Waals surface area contributed by atoms with Gasteiger partial charge in [0, 0.05) is 43.4 Å². The zero-order valence-electron chi connectivity index (χ0n) is 20.3. The van der Waals surface area contributed by atoms with Gasteiger partial charge in [-0.2, -0.15) is 18.3 Å². The van der Waals surface area contributed by atoms with Gasteiger partial charge in [-0.1, -0.05) is 0 Å². The maximum atomic E-state index is 15.7. The molecule has 1 fully saturated rings. The lowest BCUT2D eigenvalue weighted by Crippen LogP contribution is -2.48. The van der Waals surface area contributed by atoms with Crippen LogP contribution in [0.2, 0.25) is 0 Å². The number of nitrogens with one attached hydrogen (secondary N) is 1. The first kappa shape index (κ1) is 25.7. The van der Waals surface area contributed by atoms with Crippen LogP contribution >= 0.6 is 0 Å². The van der Waals surface area contributed by atoms with Crippen LogP contribution in [0.5, 0.6) is 0 Å². The number of likely N-dealkylation sites (tertiary alicyclic amines) is 1. The molecule has 2 amide bonds. The van der Waals surface area contributed by atoms with Gasteiger partial charge in [-0.3, -0.25) is 10.00 Å². The first-order chi connectivity index (χ1) is 16.7. The lowest BCUT2D eigenvalue weighted by molar-refractivity contribution is -0.206. The van der Waals surface area contributed by atoms with Crippen LogP contribution in [0, 0.1) is 6.92 Å². The Morgan fingerprint density at radius 2 is 1.94 bits per heavy atom. The summed E-state index contributed by atoms with van der Waals surface area (Å²) in [5.41, 5.74) is -1.93. The van der Waals surface area contributed by atoms with Crippen LogP contribution < -0.4 is 5.32 Å². The van der Waals surface area contributed by atoms with E-state index < -0.39 is 35.7 Å². The van der Waals surface area contributed by atoms with Gasteiger partial charge in [-0.25, -0.2) is 19.0 Å². The minimum Gasteiger partial charge on any atom is -0.444 e. The maximum absolute atomic E-state index is 15.7. The summed E-state index contributed by atoms with van der Waals surface area (Å²) in [6, 6.07) is 2.88. The molecule has 4 rings (SSSR count). The topological polar surface area (TPSA) is 98.6 Å². The fourth-order valence-electron chi connectivity index (χ4n) is 4.23. The summed E-state index contributed by atoms with van der Waals surface area (Å²) < 4.78 is 68.0. The van der Waals surface area contributed by atoms with Crippen molar-refractivity contribution in [2.24, 2.45) is 0 Å². The van der Waals surface area contributed by atoms with E-state index in [1.807, 2.05) is 0 Å². The van der Waals surface area contributed by atoms with Crippen LogP contribution in [0.15, 0.2) is 18.3 Å². The number of halogens is 4. The number of hydrogen-bond donors (Lipinski definition) is 1. The number of carbonyl (C=O) groups is 2. The Hall–Kier alpha value is -3.38. The van der Waals surface area contributed by atoms with E-state index in [-0.39, 0.29) is 55.1 Å². The van der Waals surface area contributed by atoms with Crippen LogP contribution in [0.25, 0.3) is 11.3 Å². The van der Waals surface area contributed by atoms with Crippen molar-refractivity contribution in [2.45, 2.75) is 70.6 Å². The molecule has 13 heteroatoms. The predicted octanol–water partition coefficient (Wildman–Crippen LogP) is 5.16. The van der Waals surface area contributed by atoms with Crippen molar-refractivity contribution in [3.05, 3.63) is 29.6 Å². The maximum Gasteiger partial charge on any atom is 0.430 e. The van der Waals surface area contributed by atoms with E-state index in [1.165, 1.54) is 21.8 Å². The van der Waals surface area contributed by atoms with E-state index in [4.69, 9.17) is 4.74 Å². The summed E-state index contributed by atoms with van der Waals surface area (Å²) in [7, 11) is 0. The molecule has 0 spiro atoms. The summed E-state index contributed by atoms with van der Waals surface area (Å²) in [6.07, 6.45) is -7.77. The smallest absolute Gasteiger partial charge is 0.430 e. The van der Waals surface area contributed by atoms with Crippen molar-refractivity contribution in [3.8, 4) is 11.3 Å². The van der Waals surface area contributed by atoms with Gasteiger partial charge >= 0.3 is 18.4 Å². The number of carbonyl (C=O) groups excluding carboxylic acids is 2. The van der Waals surface area contributed by atoms with E-state index in [0.717, 1.165) is 0 Å². The highest BCUT2D eigenvalue weighted by Gasteiger charge is 2.49. The Morgan fingerprint density at radius 3 is 2.56 bits per heavy atom. The molecule has 0 bridgehead atoms. The summed E-state index contributed by atoms with van der Waals surface area (Å²) in [4.78, 5) is 29.2. The fourth-order valence-corrected chi connectivity index (χ4v) is 4.23. The van der Waals surface area contributed by atoms with Crippen molar-refractivity contribution in [3.63, 3.8) is 0 Å². The number of nitrogens with zero attached hydrogens (tertiary/aromatic N) is 4. The molecule has 1 atom stereocenters. The van der Waals surface area contributed by atoms with Crippen molar-refractivity contribution in [2.75, 3.05) is 18.4 Å². The van der Waals surface area contributed by atoms with Crippen molar-refractivity contribution in [1.82, 2.24) is 19.7 Å². The minimum absolute atomic E-state index is 0.0571. The molecule has 0 aromatic carbocycles. The van der Waals surface area contributed by atoms with Gasteiger partial charge in [0.1, 0.15) is 17.1 Å². The van der Waals surface area contributed by atoms with Crippen molar-refractivity contribution >= 4 is 18.0 Å². The molecule has 2 aliphatic heterocycles. The van der Waals surface area contributed by atoms with Gasteiger partial charge in [-0.05, 0) is 39.8 Å². The molecule has 4 heterocycles. The molecule has 0 saturated carbocycles. The predicted molar refractivity (Wildman–Crippen MR) is 120 cm³/mol. The number of hydrogen-bond acceptors (Lipinski definition) is 6. The Balaban J connectivity index is 1.55. The van der Waals surface area contributed by atoms with Gasteiger partial charge in [-0.15, -0.1) is 0 Å². The summed E-state index contributed by atoms with van der Waals surface area (Å²) >= 11 is 0. The van der Waals surface area contributed by atoms with Gasteiger partial charge in [0.15, 0.2) is 0 Å². The number of ether oxygens (including phenoxy) is 2. The third-order valence-electron chi connectivity index (χ3n) is 6.00. The number of pyridine rings is 1. The number of rotatable bonds is 3. The number of anilines is 1.